The SMILES string of the molecule is COc1cccc(-c2[nH]ncc2C(=O)N2CCC[C@@H](N(C)Cc3ccccc3)C2)c1. The summed E-state index contributed by atoms with van der Waals surface area (Å²) in [5.74, 6) is 0.778. The molecule has 30 heavy (non-hydrogen) atoms. The molecule has 4 rings (SSSR count). The number of ether oxygens (including phenoxy) is 1. The van der Waals surface area contributed by atoms with Crippen LogP contribution in [0.4, 0.5) is 0 Å². The van der Waals surface area contributed by atoms with Crippen LogP contribution in [0, 0.1) is 0 Å². The van der Waals surface area contributed by atoms with E-state index in [1.807, 2.05) is 35.2 Å². The number of likely N-dealkylation sites (tertiary alicyclic amines) is 1. The first-order chi connectivity index (χ1) is 14.7. The normalized spacial score (nSPS) is 16.6. The quantitative estimate of drug-likeness (QED) is 0.678. The van der Waals surface area contributed by atoms with Gasteiger partial charge >= 0.3 is 0 Å². The summed E-state index contributed by atoms with van der Waals surface area (Å²) in [6.45, 7) is 2.39. The van der Waals surface area contributed by atoms with Crippen LogP contribution < -0.4 is 4.74 Å². The van der Waals surface area contributed by atoms with Gasteiger partial charge in [0.1, 0.15) is 5.75 Å². The fraction of sp³-hybridized carbons (Fsp3) is 0.333. The van der Waals surface area contributed by atoms with Crippen LogP contribution in [0.5, 0.6) is 5.75 Å². The van der Waals surface area contributed by atoms with Crippen molar-refractivity contribution in [2.75, 3.05) is 27.2 Å². The van der Waals surface area contributed by atoms with E-state index in [1.54, 1.807) is 13.3 Å². The monoisotopic (exact) mass is 404 g/mol. The lowest BCUT2D eigenvalue weighted by atomic mass is 10.0. The summed E-state index contributed by atoms with van der Waals surface area (Å²) in [7, 11) is 3.78. The molecule has 1 atom stereocenters. The molecule has 0 unspecified atom stereocenters. The van der Waals surface area contributed by atoms with Gasteiger partial charge in [-0.3, -0.25) is 14.8 Å². The molecule has 0 aliphatic carbocycles. The average molecular weight is 405 g/mol. The van der Waals surface area contributed by atoms with Gasteiger partial charge in [0.05, 0.1) is 24.6 Å². The Balaban J connectivity index is 1.48. The smallest absolute Gasteiger partial charge is 0.257 e. The third-order valence-corrected chi connectivity index (χ3v) is 5.81. The number of methoxy groups -OCH3 is 1. The second-order valence-electron chi connectivity index (χ2n) is 7.84. The summed E-state index contributed by atoms with van der Waals surface area (Å²) in [4.78, 5) is 17.7. The molecule has 0 spiro atoms. The number of aromatic nitrogens is 2. The van der Waals surface area contributed by atoms with E-state index in [9.17, 15) is 4.79 Å². The van der Waals surface area contributed by atoms with Gasteiger partial charge in [0.15, 0.2) is 0 Å². The number of rotatable bonds is 6. The van der Waals surface area contributed by atoms with Crippen molar-refractivity contribution in [1.29, 1.82) is 0 Å². The minimum Gasteiger partial charge on any atom is -0.497 e. The standard InChI is InChI=1S/C24H28N4O2/c1-27(16-18-8-4-3-5-9-18)20-11-7-13-28(17-20)24(29)22-15-25-26-23(22)19-10-6-12-21(14-19)30-2/h3-6,8-10,12,14-15,20H,7,11,13,16-17H2,1-2H3,(H,25,26)/t20-/m1/s1. The average Bonchev–Trinajstić information content (AvgIpc) is 3.29. The van der Waals surface area contributed by atoms with E-state index in [1.165, 1.54) is 5.56 Å². The highest BCUT2D eigenvalue weighted by molar-refractivity contribution is 5.99. The van der Waals surface area contributed by atoms with E-state index in [4.69, 9.17) is 4.74 Å². The molecule has 0 radical (unpaired) electrons. The first-order valence-electron chi connectivity index (χ1n) is 10.4. The number of aromatic amines is 1. The number of nitrogens with one attached hydrogen (secondary N) is 1. The maximum atomic E-state index is 13.4. The second kappa shape index (κ2) is 9.13. The molecule has 3 aromatic rings. The zero-order chi connectivity index (χ0) is 20.9. The Morgan fingerprint density at radius 2 is 2.07 bits per heavy atom. The molecule has 6 nitrogen and oxygen atoms in total. The molecule has 1 saturated heterocycles. The molecule has 1 N–H and O–H groups in total. The Morgan fingerprint density at radius 1 is 1.23 bits per heavy atom. The van der Waals surface area contributed by atoms with E-state index in [0.29, 0.717) is 11.6 Å². The number of hydrogen-bond donors (Lipinski definition) is 1. The Labute approximate surface area is 177 Å². The number of carbonyl (C=O) groups excluding carboxylic acids is 1. The summed E-state index contributed by atoms with van der Waals surface area (Å²) in [6.07, 6.45) is 3.73. The molecule has 1 amide bonds. The van der Waals surface area contributed by atoms with Crippen molar-refractivity contribution in [3.05, 3.63) is 71.9 Å². The summed E-state index contributed by atoms with van der Waals surface area (Å²) in [5.41, 5.74) is 3.52. The molecule has 156 valence electrons. The van der Waals surface area contributed by atoms with Crippen molar-refractivity contribution in [1.82, 2.24) is 20.0 Å². The molecular weight excluding hydrogens is 376 g/mol. The number of piperidine rings is 1. The van der Waals surface area contributed by atoms with Gasteiger partial charge in [-0.05, 0) is 37.6 Å². The highest BCUT2D eigenvalue weighted by Gasteiger charge is 2.29. The largest absolute Gasteiger partial charge is 0.497 e. The van der Waals surface area contributed by atoms with Gasteiger partial charge in [-0.15, -0.1) is 0 Å². The van der Waals surface area contributed by atoms with Gasteiger partial charge in [0, 0.05) is 31.2 Å². The minimum absolute atomic E-state index is 0.0272. The number of carbonyl (C=O) groups is 1. The van der Waals surface area contributed by atoms with Crippen LogP contribution in [0.1, 0.15) is 28.8 Å². The number of hydrogen-bond acceptors (Lipinski definition) is 4. The van der Waals surface area contributed by atoms with Crippen LogP contribution in [0.15, 0.2) is 60.8 Å². The fourth-order valence-corrected chi connectivity index (χ4v) is 4.12. The van der Waals surface area contributed by atoms with Crippen LogP contribution in [0.25, 0.3) is 11.3 Å². The van der Waals surface area contributed by atoms with Gasteiger partial charge in [-0.2, -0.15) is 5.10 Å². The third kappa shape index (κ3) is 4.39. The zero-order valence-electron chi connectivity index (χ0n) is 17.5. The van der Waals surface area contributed by atoms with Crippen LogP contribution in [0.2, 0.25) is 0 Å². The molecular formula is C24H28N4O2. The minimum atomic E-state index is 0.0272. The van der Waals surface area contributed by atoms with Crippen LogP contribution in [-0.4, -0.2) is 59.2 Å². The third-order valence-electron chi connectivity index (χ3n) is 5.81. The number of likely N-dealkylation sites (N-methyl/N-ethyl adjacent to an activating group) is 1. The maximum Gasteiger partial charge on any atom is 0.257 e. The van der Waals surface area contributed by atoms with Crippen molar-refractivity contribution in [3.8, 4) is 17.0 Å². The van der Waals surface area contributed by atoms with Gasteiger partial charge in [0.2, 0.25) is 0 Å². The summed E-state index contributed by atoms with van der Waals surface area (Å²) < 4.78 is 5.32. The van der Waals surface area contributed by atoms with E-state index in [2.05, 4.69) is 46.4 Å². The van der Waals surface area contributed by atoms with Crippen LogP contribution in [0.3, 0.4) is 0 Å². The second-order valence-corrected chi connectivity index (χ2v) is 7.84. The summed E-state index contributed by atoms with van der Waals surface area (Å²) in [6, 6.07) is 18.5. The summed E-state index contributed by atoms with van der Waals surface area (Å²) >= 11 is 0. The predicted molar refractivity (Wildman–Crippen MR) is 117 cm³/mol. The molecule has 2 heterocycles. The first kappa shape index (κ1) is 20.2. The van der Waals surface area contributed by atoms with Gasteiger partial charge in [0.25, 0.3) is 5.91 Å². The van der Waals surface area contributed by atoms with Crippen molar-refractivity contribution >= 4 is 5.91 Å². The Bertz CT molecular complexity index is 986. The Kier molecular flexibility index (Phi) is 6.14. The first-order valence-corrected chi connectivity index (χ1v) is 10.4. The number of amides is 1. The molecule has 1 aliphatic rings. The molecule has 1 fully saturated rings. The van der Waals surface area contributed by atoms with Crippen molar-refractivity contribution in [3.63, 3.8) is 0 Å². The summed E-state index contributed by atoms with van der Waals surface area (Å²) in [5, 5.41) is 7.15. The van der Waals surface area contributed by atoms with E-state index < -0.39 is 0 Å². The van der Waals surface area contributed by atoms with Gasteiger partial charge < -0.3 is 9.64 Å². The molecule has 0 saturated carbocycles. The van der Waals surface area contributed by atoms with Crippen molar-refractivity contribution in [2.45, 2.75) is 25.4 Å². The molecule has 2 aromatic carbocycles. The molecule has 0 bridgehead atoms. The number of benzene rings is 2. The molecule has 1 aliphatic heterocycles. The Hall–Kier alpha value is -3.12. The Morgan fingerprint density at radius 3 is 2.87 bits per heavy atom. The zero-order valence-corrected chi connectivity index (χ0v) is 17.5. The van der Waals surface area contributed by atoms with Crippen molar-refractivity contribution in [2.24, 2.45) is 0 Å². The van der Waals surface area contributed by atoms with Crippen molar-refractivity contribution < 1.29 is 9.53 Å². The number of nitrogens with zero attached hydrogens (tertiary/aromatic N) is 3. The molecule has 6 heteroatoms. The van der Waals surface area contributed by atoms with Gasteiger partial charge in [-0.25, -0.2) is 0 Å². The maximum absolute atomic E-state index is 13.4. The lowest BCUT2D eigenvalue weighted by molar-refractivity contribution is 0.0603. The van der Waals surface area contributed by atoms with E-state index in [0.717, 1.165) is 49.5 Å². The van der Waals surface area contributed by atoms with E-state index >= 15 is 0 Å². The van der Waals surface area contributed by atoms with Gasteiger partial charge in [-0.1, -0.05) is 42.5 Å². The lowest BCUT2D eigenvalue weighted by Gasteiger charge is -2.37. The number of H-pyrrole nitrogens is 1. The van der Waals surface area contributed by atoms with Crippen LogP contribution >= 0.6 is 0 Å². The highest BCUT2D eigenvalue weighted by Crippen LogP contribution is 2.27. The van der Waals surface area contributed by atoms with Crippen LogP contribution in [-0.2, 0) is 6.54 Å². The topological polar surface area (TPSA) is 61.5 Å². The highest BCUT2D eigenvalue weighted by atomic mass is 16.5. The predicted octanol–water partition coefficient (Wildman–Crippen LogP) is 3.82. The van der Waals surface area contributed by atoms with E-state index in [-0.39, 0.29) is 5.91 Å². The molecule has 1 aromatic heterocycles. The lowest BCUT2D eigenvalue weighted by Crippen LogP contribution is -2.48. The fourth-order valence-electron chi connectivity index (χ4n) is 4.12.